The van der Waals surface area contributed by atoms with E-state index in [-0.39, 0.29) is 16.8 Å². The Morgan fingerprint density at radius 3 is 2.56 bits per heavy atom. The number of hydrogen-bond acceptors (Lipinski definition) is 3. The van der Waals surface area contributed by atoms with E-state index in [2.05, 4.69) is 12.2 Å². The highest BCUT2D eigenvalue weighted by atomic mass is 32.2. The number of nitrogens with zero attached hydrogens (tertiary/aromatic N) is 2. The number of thioether (sulfide) groups is 1. The molecule has 2 aliphatic rings. The van der Waals surface area contributed by atoms with Gasteiger partial charge in [0.05, 0.1) is 4.87 Å². The quantitative estimate of drug-likeness (QED) is 0.838. The van der Waals surface area contributed by atoms with Gasteiger partial charge >= 0.3 is 6.03 Å². The molecule has 2 saturated heterocycles. The SMILES string of the molecule is CCCCNC(=O)N1CCC2(CC1)SCCN2C(=O)c1ccccc1. The molecule has 0 unspecified atom stereocenters. The molecule has 0 aliphatic carbocycles. The summed E-state index contributed by atoms with van der Waals surface area (Å²) in [5, 5.41) is 2.99. The number of carbonyl (C=O) groups is 2. The molecule has 1 aromatic rings. The maximum atomic E-state index is 12.9. The van der Waals surface area contributed by atoms with Crippen LogP contribution in [0.25, 0.3) is 0 Å². The Hall–Kier alpha value is -1.69. The van der Waals surface area contributed by atoms with Crippen LogP contribution in [-0.4, -0.2) is 58.5 Å². The first-order valence-electron chi connectivity index (χ1n) is 9.20. The van der Waals surface area contributed by atoms with Gasteiger partial charge in [-0.3, -0.25) is 4.79 Å². The van der Waals surface area contributed by atoms with Crippen LogP contribution in [0.15, 0.2) is 30.3 Å². The molecule has 3 rings (SSSR count). The van der Waals surface area contributed by atoms with Crippen molar-refractivity contribution in [1.82, 2.24) is 15.1 Å². The topological polar surface area (TPSA) is 52.7 Å². The Balaban J connectivity index is 1.61. The van der Waals surface area contributed by atoms with E-state index in [1.54, 1.807) is 0 Å². The van der Waals surface area contributed by atoms with Crippen molar-refractivity contribution in [2.45, 2.75) is 37.5 Å². The lowest BCUT2D eigenvalue weighted by Crippen LogP contribution is -2.55. The summed E-state index contributed by atoms with van der Waals surface area (Å²) in [7, 11) is 0. The zero-order valence-corrected chi connectivity index (χ0v) is 15.7. The van der Waals surface area contributed by atoms with Gasteiger partial charge in [0.1, 0.15) is 0 Å². The number of rotatable bonds is 4. The van der Waals surface area contributed by atoms with Crippen LogP contribution >= 0.6 is 11.8 Å². The van der Waals surface area contributed by atoms with E-state index in [0.29, 0.717) is 13.1 Å². The van der Waals surface area contributed by atoms with Crippen LogP contribution in [0.2, 0.25) is 0 Å². The lowest BCUT2D eigenvalue weighted by atomic mass is 10.0. The Labute approximate surface area is 154 Å². The normalized spacial score (nSPS) is 19.2. The second-order valence-electron chi connectivity index (χ2n) is 6.69. The molecule has 5 nitrogen and oxygen atoms in total. The van der Waals surface area contributed by atoms with Gasteiger partial charge < -0.3 is 15.1 Å². The van der Waals surface area contributed by atoms with Crippen LogP contribution in [0.5, 0.6) is 0 Å². The van der Waals surface area contributed by atoms with E-state index in [4.69, 9.17) is 0 Å². The number of urea groups is 1. The molecule has 1 N–H and O–H groups in total. The number of piperidine rings is 1. The van der Waals surface area contributed by atoms with Crippen LogP contribution in [0.1, 0.15) is 43.0 Å². The maximum Gasteiger partial charge on any atom is 0.317 e. The minimum Gasteiger partial charge on any atom is -0.338 e. The fraction of sp³-hybridized carbons (Fsp3) is 0.579. The first kappa shape index (κ1) is 18.1. The minimum absolute atomic E-state index is 0.0345. The Kier molecular flexibility index (Phi) is 5.89. The summed E-state index contributed by atoms with van der Waals surface area (Å²) in [4.78, 5) is 29.0. The molecule has 2 aliphatic heterocycles. The first-order valence-corrected chi connectivity index (χ1v) is 10.2. The number of benzene rings is 1. The highest BCUT2D eigenvalue weighted by Gasteiger charge is 2.47. The van der Waals surface area contributed by atoms with Crippen molar-refractivity contribution < 1.29 is 9.59 Å². The third-order valence-electron chi connectivity index (χ3n) is 5.08. The van der Waals surface area contributed by atoms with E-state index >= 15 is 0 Å². The minimum atomic E-state index is -0.146. The van der Waals surface area contributed by atoms with Gasteiger partial charge in [0.15, 0.2) is 0 Å². The highest BCUT2D eigenvalue weighted by Crippen LogP contribution is 2.44. The van der Waals surface area contributed by atoms with E-state index in [1.807, 2.05) is 51.9 Å². The van der Waals surface area contributed by atoms with Crippen molar-refractivity contribution >= 4 is 23.7 Å². The number of nitrogens with one attached hydrogen (secondary N) is 1. The zero-order valence-electron chi connectivity index (χ0n) is 14.9. The molecule has 2 heterocycles. The van der Waals surface area contributed by atoms with Crippen molar-refractivity contribution in [3.63, 3.8) is 0 Å². The number of unbranched alkanes of at least 4 members (excludes halogenated alkanes) is 1. The molecule has 0 radical (unpaired) electrons. The van der Waals surface area contributed by atoms with Crippen molar-refractivity contribution in [3.8, 4) is 0 Å². The molecule has 6 heteroatoms. The molecule has 3 amide bonds. The van der Waals surface area contributed by atoms with E-state index in [1.165, 1.54) is 0 Å². The molecular weight excluding hydrogens is 334 g/mol. The zero-order chi connectivity index (χ0) is 17.7. The van der Waals surface area contributed by atoms with Crippen LogP contribution in [0, 0.1) is 0 Å². The summed E-state index contributed by atoms with van der Waals surface area (Å²) >= 11 is 1.88. The average molecular weight is 362 g/mol. The van der Waals surface area contributed by atoms with Gasteiger partial charge in [0, 0.05) is 37.5 Å². The Morgan fingerprint density at radius 2 is 1.88 bits per heavy atom. The molecular formula is C19H27N3O2S. The second-order valence-corrected chi connectivity index (χ2v) is 8.15. The molecule has 1 aromatic carbocycles. The third kappa shape index (κ3) is 3.94. The molecule has 1 spiro atoms. The molecule has 25 heavy (non-hydrogen) atoms. The smallest absolute Gasteiger partial charge is 0.317 e. The fourth-order valence-corrected chi connectivity index (χ4v) is 5.04. The molecule has 0 aromatic heterocycles. The summed E-state index contributed by atoms with van der Waals surface area (Å²) in [6.07, 6.45) is 3.78. The molecule has 0 atom stereocenters. The standard InChI is InChI=1S/C19H27N3O2S/c1-2-3-11-20-18(24)21-12-9-19(10-13-21)22(14-15-25-19)17(23)16-7-5-4-6-8-16/h4-8H,2-3,9-15H2,1H3,(H,20,24). The molecule has 0 saturated carbocycles. The van der Waals surface area contributed by atoms with Crippen molar-refractivity contribution in [2.75, 3.05) is 31.9 Å². The van der Waals surface area contributed by atoms with Crippen molar-refractivity contribution in [2.24, 2.45) is 0 Å². The number of hydrogen-bond donors (Lipinski definition) is 1. The monoisotopic (exact) mass is 361 g/mol. The number of likely N-dealkylation sites (tertiary alicyclic amines) is 1. The van der Waals surface area contributed by atoms with Gasteiger partial charge in [0.25, 0.3) is 5.91 Å². The van der Waals surface area contributed by atoms with E-state index < -0.39 is 0 Å². The second kappa shape index (κ2) is 8.13. The lowest BCUT2D eigenvalue weighted by Gasteiger charge is -2.44. The lowest BCUT2D eigenvalue weighted by molar-refractivity contribution is 0.0581. The van der Waals surface area contributed by atoms with Gasteiger partial charge in [-0.1, -0.05) is 31.5 Å². The van der Waals surface area contributed by atoms with E-state index in [9.17, 15) is 9.59 Å². The summed E-state index contributed by atoms with van der Waals surface area (Å²) < 4.78 is 0. The number of carbonyl (C=O) groups excluding carboxylic acids is 2. The Bertz CT molecular complexity index is 600. The Morgan fingerprint density at radius 1 is 1.16 bits per heavy atom. The largest absolute Gasteiger partial charge is 0.338 e. The predicted octanol–water partition coefficient (Wildman–Crippen LogP) is 3.18. The van der Waals surface area contributed by atoms with Crippen LogP contribution in [0.3, 0.4) is 0 Å². The summed E-state index contributed by atoms with van der Waals surface area (Å²) in [6.45, 7) is 5.07. The third-order valence-corrected chi connectivity index (χ3v) is 6.63. The molecule has 2 fully saturated rings. The van der Waals surface area contributed by atoms with Crippen LogP contribution in [-0.2, 0) is 0 Å². The van der Waals surface area contributed by atoms with Crippen molar-refractivity contribution in [1.29, 1.82) is 0 Å². The van der Waals surface area contributed by atoms with Crippen LogP contribution < -0.4 is 5.32 Å². The van der Waals surface area contributed by atoms with Crippen molar-refractivity contribution in [3.05, 3.63) is 35.9 Å². The molecule has 0 bridgehead atoms. The van der Waals surface area contributed by atoms with Gasteiger partial charge in [-0.15, -0.1) is 11.8 Å². The predicted molar refractivity (Wildman–Crippen MR) is 102 cm³/mol. The van der Waals surface area contributed by atoms with Gasteiger partial charge in [-0.05, 0) is 31.4 Å². The number of amides is 3. The summed E-state index contributed by atoms with van der Waals surface area (Å²) in [5.74, 6) is 1.09. The maximum absolute atomic E-state index is 12.9. The summed E-state index contributed by atoms with van der Waals surface area (Å²) in [5.41, 5.74) is 0.754. The highest BCUT2D eigenvalue weighted by molar-refractivity contribution is 8.00. The van der Waals surface area contributed by atoms with Gasteiger partial charge in [-0.2, -0.15) is 0 Å². The summed E-state index contributed by atoms with van der Waals surface area (Å²) in [6, 6.07) is 9.55. The fourth-order valence-electron chi connectivity index (χ4n) is 3.59. The van der Waals surface area contributed by atoms with Crippen LogP contribution in [0.4, 0.5) is 4.79 Å². The molecule has 136 valence electrons. The van der Waals surface area contributed by atoms with E-state index in [0.717, 1.165) is 50.1 Å². The van der Waals surface area contributed by atoms with Gasteiger partial charge in [-0.25, -0.2) is 4.79 Å². The first-order chi connectivity index (χ1) is 12.2. The van der Waals surface area contributed by atoms with Gasteiger partial charge in [0.2, 0.25) is 0 Å². The average Bonchev–Trinajstić information content (AvgIpc) is 3.05.